The fraction of sp³-hybridized carbons (Fsp3) is 0.632. The number of piperidine rings is 2. The van der Waals surface area contributed by atoms with E-state index in [0.29, 0.717) is 30.6 Å². The lowest BCUT2D eigenvalue weighted by Gasteiger charge is -2.35. The molecule has 1 N–H and O–H groups in total. The first-order valence-electron chi connectivity index (χ1n) is 9.41. The molecular weight excluding hydrogens is 352 g/mol. The summed E-state index contributed by atoms with van der Waals surface area (Å²) < 4.78 is 28.1. The predicted molar refractivity (Wildman–Crippen MR) is 101 cm³/mol. The van der Waals surface area contributed by atoms with Gasteiger partial charge in [0.05, 0.1) is 11.3 Å². The number of carbonyl (C=O) groups is 1. The van der Waals surface area contributed by atoms with Gasteiger partial charge in [0.2, 0.25) is 10.0 Å². The summed E-state index contributed by atoms with van der Waals surface area (Å²) in [7, 11) is -3.71. The fourth-order valence-electron chi connectivity index (χ4n) is 3.73. The molecule has 2 fully saturated rings. The number of carboxylic acid groups (broad SMARTS) is 1. The van der Waals surface area contributed by atoms with Crippen LogP contribution in [0.4, 0.5) is 5.69 Å². The summed E-state index contributed by atoms with van der Waals surface area (Å²) in [5.74, 6) is 0.0515. The van der Waals surface area contributed by atoms with E-state index in [9.17, 15) is 18.3 Å². The van der Waals surface area contributed by atoms with Crippen molar-refractivity contribution in [1.82, 2.24) is 4.31 Å². The van der Waals surface area contributed by atoms with E-state index in [0.717, 1.165) is 38.8 Å². The van der Waals surface area contributed by atoms with Crippen LogP contribution in [0.25, 0.3) is 0 Å². The molecule has 2 aliphatic rings. The van der Waals surface area contributed by atoms with E-state index in [1.807, 2.05) is 0 Å². The molecule has 0 radical (unpaired) electrons. The quantitative estimate of drug-likeness (QED) is 0.869. The van der Waals surface area contributed by atoms with Gasteiger partial charge in [0.1, 0.15) is 4.90 Å². The van der Waals surface area contributed by atoms with Crippen LogP contribution in [-0.4, -0.2) is 50.0 Å². The van der Waals surface area contributed by atoms with Crippen LogP contribution < -0.4 is 4.90 Å². The first-order valence-corrected chi connectivity index (χ1v) is 10.9. The van der Waals surface area contributed by atoms with Crippen molar-refractivity contribution in [2.24, 2.45) is 11.8 Å². The maximum atomic E-state index is 13.3. The minimum atomic E-state index is -3.71. The van der Waals surface area contributed by atoms with Crippen molar-refractivity contribution in [1.29, 1.82) is 0 Å². The van der Waals surface area contributed by atoms with Gasteiger partial charge in [-0.3, -0.25) is 0 Å². The topological polar surface area (TPSA) is 77.9 Å². The SMILES string of the molecule is CC1CCN(c2ccc(C(=O)O)cc2S(=O)(=O)N2CCC(C)CC2)CC1. The number of aromatic carboxylic acids is 1. The molecule has 0 atom stereocenters. The summed E-state index contributed by atoms with van der Waals surface area (Å²) in [6.45, 7) is 6.93. The van der Waals surface area contributed by atoms with Crippen LogP contribution in [0.3, 0.4) is 0 Å². The van der Waals surface area contributed by atoms with Crippen LogP contribution in [-0.2, 0) is 10.0 Å². The van der Waals surface area contributed by atoms with E-state index >= 15 is 0 Å². The molecule has 0 bridgehead atoms. The Balaban J connectivity index is 1.99. The lowest BCUT2D eigenvalue weighted by atomic mass is 9.98. The molecule has 3 rings (SSSR count). The molecule has 2 aliphatic heterocycles. The number of sulfonamides is 1. The van der Waals surface area contributed by atoms with Crippen molar-refractivity contribution in [3.8, 4) is 0 Å². The molecular formula is C19H28N2O4S. The van der Waals surface area contributed by atoms with Gasteiger partial charge in [-0.2, -0.15) is 4.31 Å². The minimum absolute atomic E-state index is 0.0167. The third-order valence-electron chi connectivity index (χ3n) is 5.69. The van der Waals surface area contributed by atoms with E-state index in [1.165, 1.54) is 16.4 Å². The molecule has 0 aliphatic carbocycles. The standard InChI is InChI=1S/C19H28N2O4S/c1-14-5-9-20(10-6-14)17-4-3-16(19(22)23)13-18(17)26(24,25)21-11-7-15(2)8-12-21/h3-4,13-15H,5-12H2,1-2H3,(H,22,23). The van der Waals surface area contributed by atoms with Gasteiger partial charge in [0, 0.05) is 26.2 Å². The number of rotatable bonds is 4. The second-order valence-electron chi connectivity index (χ2n) is 7.74. The number of nitrogens with zero attached hydrogens (tertiary/aromatic N) is 2. The van der Waals surface area contributed by atoms with Crippen molar-refractivity contribution in [3.63, 3.8) is 0 Å². The number of benzene rings is 1. The zero-order chi connectivity index (χ0) is 18.9. The van der Waals surface area contributed by atoms with Gasteiger partial charge in [0.25, 0.3) is 0 Å². The first kappa shape index (κ1) is 19.2. The minimum Gasteiger partial charge on any atom is -0.478 e. The molecule has 26 heavy (non-hydrogen) atoms. The highest BCUT2D eigenvalue weighted by molar-refractivity contribution is 7.89. The Morgan fingerprint density at radius 2 is 1.54 bits per heavy atom. The van der Waals surface area contributed by atoms with Crippen molar-refractivity contribution in [2.75, 3.05) is 31.1 Å². The Labute approximate surface area is 155 Å². The van der Waals surface area contributed by atoms with E-state index in [-0.39, 0.29) is 10.5 Å². The molecule has 0 unspecified atom stereocenters. The van der Waals surface area contributed by atoms with Gasteiger partial charge < -0.3 is 10.0 Å². The van der Waals surface area contributed by atoms with E-state index in [4.69, 9.17) is 0 Å². The van der Waals surface area contributed by atoms with Crippen LogP contribution in [0.5, 0.6) is 0 Å². The number of hydrogen-bond acceptors (Lipinski definition) is 4. The van der Waals surface area contributed by atoms with Crippen LogP contribution >= 0.6 is 0 Å². The normalized spacial score (nSPS) is 21.1. The molecule has 144 valence electrons. The molecule has 6 nitrogen and oxygen atoms in total. The van der Waals surface area contributed by atoms with Crippen LogP contribution in [0, 0.1) is 11.8 Å². The average molecular weight is 381 g/mol. The Bertz CT molecular complexity index is 762. The maximum Gasteiger partial charge on any atom is 0.335 e. The maximum absolute atomic E-state index is 13.3. The molecule has 7 heteroatoms. The highest BCUT2D eigenvalue weighted by Gasteiger charge is 2.32. The Morgan fingerprint density at radius 1 is 1.00 bits per heavy atom. The predicted octanol–water partition coefficient (Wildman–Crippen LogP) is 3.04. The smallest absolute Gasteiger partial charge is 0.335 e. The lowest BCUT2D eigenvalue weighted by Crippen LogP contribution is -2.39. The summed E-state index contributed by atoms with van der Waals surface area (Å²) in [6, 6.07) is 4.51. The summed E-state index contributed by atoms with van der Waals surface area (Å²) >= 11 is 0. The zero-order valence-corrected chi connectivity index (χ0v) is 16.3. The third kappa shape index (κ3) is 3.88. The Morgan fingerprint density at radius 3 is 2.08 bits per heavy atom. The van der Waals surface area contributed by atoms with Crippen molar-refractivity contribution in [2.45, 2.75) is 44.4 Å². The van der Waals surface area contributed by atoms with Gasteiger partial charge in [-0.15, -0.1) is 0 Å². The van der Waals surface area contributed by atoms with E-state index in [1.54, 1.807) is 6.07 Å². The molecule has 2 saturated heterocycles. The Kier molecular flexibility index (Phi) is 5.58. The highest BCUT2D eigenvalue weighted by atomic mass is 32.2. The van der Waals surface area contributed by atoms with Crippen molar-refractivity contribution in [3.05, 3.63) is 23.8 Å². The largest absolute Gasteiger partial charge is 0.478 e. The number of anilines is 1. The summed E-state index contributed by atoms with van der Waals surface area (Å²) in [6.07, 6.45) is 3.71. The Hall–Kier alpha value is -1.60. The molecule has 0 amide bonds. The highest BCUT2D eigenvalue weighted by Crippen LogP contribution is 2.33. The molecule has 0 saturated carbocycles. The molecule has 1 aromatic carbocycles. The van der Waals surface area contributed by atoms with E-state index < -0.39 is 16.0 Å². The molecule has 2 heterocycles. The average Bonchev–Trinajstić information content (AvgIpc) is 2.62. The number of carboxylic acids is 1. The van der Waals surface area contributed by atoms with Gasteiger partial charge in [-0.25, -0.2) is 13.2 Å². The van der Waals surface area contributed by atoms with Crippen LogP contribution in [0.15, 0.2) is 23.1 Å². The monoisotopic (exact) mass is 380 g/mol. The van der Waals surface area contributed by atoms with Crippen LogP contribution in [0.1, 0.15) is 49.9 Å². The van der Waals surface area contributed by atoms with Gasteiger partial charge in [-0.1, -0.05) is 13.8 Å². The molecule has 0 spiro atoms. The molecule has 1 aromatic rings. The second-order valence-corrected chi connectivity index (χ2v) is 9.65. The zero-order valence-electron chi connectivity index (χ0n) is 15.5. The fourth-order valence-corrected chi connectivity index (χ4v) is 5.44. The van der Waals surface area contributed by atoms with E-state index in [2.05, 4.69) is 18.7 Å². The van der Waals surface area contributed by atoms with Gasteiger partial charge in [0.15, 0.2) is 0 Å². The van der Waals surface area contributed by atoms with Crippen molar-refractivity contribution >= 4 is 21.7 Å². The first-order chi connectivity index (χ1) is 12.3. The lowest BCUT2D eigenvalue weighted by molar-refractivity contribution is 0.0696. The van der Waals surface area contributed by atoms with Crippen molar-refractivity contribution < 1.29 is 18.3 Å². The molecule has 0 aromatic heterocycles. The van der Waals surface area contributed by atoms with Gasteiger partial charge in [-0.05, 0) is 55.7 Å². The summed E-state index contributed by atoms with van der Waals surface area (Å²) in [4.78, 5) is 13.6. The summed E-state index contributed by atoms with van der Waals surface area (Å²) in [5, 5.41) is 9.33. The summed E-state index contributed by atoms with van der Waals surface area (Å²) in [5.41, 5.74) is 0.656. The second kappa shape index (κ2) is 7.56. The third-order valence-corrected chi connectivity index (χ3v) is 7.62. The number of hydrogen-bond donors (Lipinski definition) is 1. The van der Waals surface area contributed by atoms with Crippen LogP contribution in [0.2, 0.25) is 0 Å². The van der Waals surface area contributed by atoms with Gasteiger partial charge >= 0.3 is 5.97 Å².